The molecule has 3 rings (SSSR count). The van der Waals surface area contributed by atoms with Gasteiger partial charge in [-0.05, 0) is 70.9 Å². The molecule has 30 heavy (non-hydrogen) atoms. The molecular weight excluding hydrogens is 404 g/mol. The van der Waals surface area contributed by atoms with Gasteiger partial charge in [0, 0.05) is 19.1 Å². The van der Waals surface area contributed by atoms with Gasteiger partial charge in [0.25, 0.3) is 5.91 Å². The van der Waals surface area contributed by atoms with E-state index in [0.29, 0.717) is 30.5 Å². The lowest BCUT2D eigenvalue weighted by Crippen LogP contribution is -2.46. The number of esters is 1. The van der Waals surface area contributed by atoms with E-state index in [0.717, 1.165) is 24.8 Å². The molecule has 2 aliphatic heterocycles. The van der Waals surface area contributed by atoms with Crippen molar-refractivity contribution < 1.29 is 22.7 Å². The number of sulfonamides is 1. The lowest BCUT2D eigenvalue weighted by molar-refractivity contribution is -0.156. The van der Waals surface area contributed by atoms with Crippen LogP contribution in [0.3, 0.4) is 0 Å². The lowest BCUT2D eigenvalue weighted by Gasteiger charge is -2.33. The quantitative estimate of drug-likeness (QED) is 0.663. The summed E-state index contributed by atoms with van der Waals surface area (Å²) in [5, 5.41) is 0. The molecule has 1 aromatic rings. The molecule has 2 heterocycles. The van der Waals surface area contributed by atoms with Gasteiger partial charge in [-0.25, -0.2) is 8.42 Å². The number of amides is 1. The maximum absolute atomic E-state index is 13.4. The fourth-order valence-electron chi connectivity index (χ4n) is 4.73. The molecule has 2 unspecified atom stereocenters. The Morgan fingerprint density at radius 1 is 1.03 bits per heavy atom. The summed E-state index contributed by atoms with van der Waals surface area (Å²) in [5.74, 6) is -0.857. The Labute approximate surface area is 179 Å². The standard InChI is InChI=1S/C22H32N2O5S/c1-15-12-16(2)21(17(3)13-15)30(27,28)24-11-7-9-19(24)22(26)29-14-20(25)23-10-6-5-8-18(23)4/h12-13,18-19H,5-11,14H2,1-4H3. The van der Waals surface area contributed by atoms with Crippen molar-refractivity contribution in [2.45, 2.75) is 76.8 Å². The summed E-state index contributed by atoms with van der Waals surface area (Å²) in [6.45, 7) is 8.07. The first-order chi connectivity index (χ1) is 14.1. The zero-order valence-corrected chi connectivity index (χ0v) is 19.1. The monoisotopic (exact) mass is 436 g/mol. The van der Waals surface area contributed by atoms with Gasteiger partial charge in [0.1, 0.15) is 6.04 Å². The third-order valence-electron chi connectivity index (χ3n) is 6.11. The molecule has 0 bridgehead atoms. The van der Waals surface area contributed by atoms with E-state index in [1.807, 2.05) is 26.0 Å². The molecule has 2 atom stereocenters. The Bertz CT molecular complexity index is 904. The molecule has 1 amide bonds. The van der Waals surface area contributed by atoms with Crippen molar-refractivity contribution in [3.8, 4) is 0 Å². The fraction of sp³-hybridized carbons (Fsp3) is 0.636. The Balaban J connectivity index is 1.72. The lowest BCUT2D eigenvalue weighted by atomic mass is 10.0. The minimum atomic E-state index is -3.84. The third-order valence-corrected chi connectivity index (χ3v) is 8.32. The van der Waals surface area contributed by atoms with Crippen LogP contribution < -0.4 is 0 Å². The van der Waals surface area contributed by atoms with Crippen molar-refractivity contribution in [2.24, 2.45) is 0 Å². The van der Waals surface area contributed by atoms with Crippen LogP contribution in [0.25, 0.3) is 0 Å². The largest absolute Gasteiger partial charge is 0.454 e. The van der Waals surface area contributed by atoms with Crippen LogP contribution in [0.4, 0.5) is 0 Å². The van der Waals surface area contributed by atoms with Gasteiger partial charge in [0.05, 0.1) is 4.90 Å². The van der Waals surface area contributed by atoms with Gasteiger partial charge in [-0.1, -0.05) is 17.7 Å². The van der Waals surface area contributed by atoms with Crippen LogP contribution in [0.5, 0.6) is 0 Å². The highest BCUT2D eigenvalue weighted by Gasteiger charge is 2.41. The van der Waals surface area contributed by atoms with Gasteiger partial charge in [-0.15, -0.1) is 0 Å². The second kappa shape index (κ2) is 9.06. The van der Waals surface area contributed by atoms with Gasteiger partial charge in [-0.2, -0.15) is 4.31 Å². The maximum Gasteiger partial charge on any atom is 0.324 e. The second-order valence-electron chi connectivity index (χ2n) is 8.54. The van der Waals surface area contributed by atoms with E-state index in [-0.39, 0.29) is 30.0 Å². The average Bonchev–Trinajstić information content (AvgIpc) is 3.16. The highest BCUT2D eigenvalue weighted by atomic mass is 32.2. The molecule has 0 aliphatic carbocycles. The van der Waals surface area contributed by atoms with Gasteiger partial charge in [0.2, 0.25) is 10.0 Å². The van der Waals surface area contributed by atoms with Crippen LogP contribution in [0.15, 0.2) is 17.0 Å². The van der Waals surface area contributed by atoms with Crippen LogP contribution in [0, 0.1) is 20.8 Å². The number of likely N-dealkylation sites (tertiary alicyclic amines) is 1. The van der Waals surface area contributed by atoms with E-state index in [1.54, 1.807) is 18.7 Å². The number of hydrogen-bond acceptors (Lipinski definition) is 5. The Hall–Kier alpha value is -1.93. The van der Waals surface area contributed by atoms with Crippen LogP contribution in [0.1, 0.15) is 55.7 Å². The molecule has 1 aromatic carbocycles. The summed E-state index contributed by atoms with van der Waals surface area (Å²) < 4.78 is 33.3. The molecule has 7 nitrogen and oxygen atoms in total. The van der Waals surface area contributed by atoms with Crippen molar-refractivity contribution in [1.29, 1.82) is 0 Å². The number of benzene rings is 1. The smallest absolute Gasteiger partial charge is 0.324 e. The molecule has 2 aliphatic rings. The molecule has 2 saturated heterocycles. The maximum atomic E-state index is 13.4. The summed E-state index contributed by atoms with van der Waals surface area (Å²) in [6.07, 6.45) is 3.98. The summed E-state index contributed by atoms with van der Waals surface area (Å²) in [6, 6.07) is 2.92. The molecule has 0 aromatic heterocycles. The molecule has 0 spiro atoms. The van der Waals surface area contributed by atoms with E-state index < -0.39 is 22.0 Å². The Morgan fingerprint density at radius 3 is 2.33 bits per heavy atom. The number of nitrogens with zero attached hydrogens (tertiary/aromatic N) is 2. The molecule has 0 radical (unpaired) electrons. The fourth-order valence-corrected chi connectivity index (χ4v) is 6.80. The van der Waals surface area contributed by atoms with E-state index in [4.69, 9.17) is 4.74 Å². The van der Waals surface area contributed by atoms with Crippen molar-refractivity contribution in [1.82, 2.24) is 9.21 Å². The molecular formula is C22H32N2O5S. The van der Waals surface area contributed by atoms with Crippen LogP contribution >= 0.6 is 0 Å². The molecule has 0 N–H and O–H groups in total. The number of carbonyl (C=O) groups is 2. The first kappa shape index (κ1) is 22.7. The second-order valence-corrected chi connectivity index (χ2v) is 10.4. The Kier molecular flexibility index (Phi) is 6.87. The van der Waals surface area contributed by atoms with E-state index in [2.05, 4.69) is 0 Å². The van der Waals surface area contributed by atoms with Gasteiger partial charge in [-0.3, -0.25) is 9.59 Å². The van der Waals surface area contributed by atoms with Crippen molar-refractivity contribution in [2.75, 3.05) is 19.7 Å². The first-order valence-electron chi connectivity index (χ1n) is 10.7. The van der Waals surface area contributed by atoms with Crippen molar-refractivity contribution >= 4 is 21.9 Å². The van der Waals surface area contributed by atoms with Crippen molar-refractivity contribution in [3.05, 3.63) is 28.8 Å². The van der Waals surface area contributed by atoms with Crippen LogP contribution in [-0.2, 0) is 24.3 Å². The zero-order valence-electron chi connectivity index (χ0n) is 18.3. The van der Waals surface area contributed by atoms with E-state index in [9.17, 15) is 18.0 Å². The third kappa shape index (κ3) is 4.54. The summed E-state index contributed by atoms with van der Waals surface area (Å²) in [7, 11) is -3.84. The topological polar surface area (TPSA) is 84.0 Å². The minimum Gasteiger partial charge on any atom is -0.454 e. The SMILES string of the molecule is Cc1cc(C)c(S(=O)(=O)N2CCCC2C(=O)OCC(=O)N2CCCCC2C)c(C)c1. The number of piperidine rings is 1. The van der Waals surface area contributed by atoms with Crippen LogP contribution in [0.2, 0.25) is 0 Å². The number of hydrogen-bond donors (Lipinski definition) is 0. The first-order valence-corrected chi connectivity index (χ1v) is 12.1. The number of rotatable bonds is 5. The highest BCUT2D eigenvalue weighted by molar-refractivity contribution is 7.89. The summed E-state index contributed by atoms with van der Waals surface area (Å²) in [4.78, 5) is 27.2. The molecule has 0 saturated carbocycles. The van der Waals surface area contributed by atoms with E-state index >= 15 is 0 Å². The predicted molar refractivity (Wildman–Crippen MR) is 114 cm³/mol. The molecule has 8 heteroatoms. The summed E-state index contributed by atoms with van der Waals surface area (Å²) >= 11 is 0. The van der Waals surface area contributed by atoms with Gasteiger partial charge >= 0.3 is 5.97 Å². The van der Waals surface area contributed by atoms with Gasteiger partial charge < -0.3 is 9.64 Å². The van der Waals surface area contributed by atoms with Crippen LogP contribution in [-0.4, -0.2) is 61.3 Å². The average molecular weight is 437 g/mol. The number of carbonyl (C=O) groups excluding carboxylic acids is 2. The predicted octanol–water partition coefficient (Wildman–Crippen LogP) is 2.71. The Morgan fingerprint density at radius 2 is 1.70 bits per heavy atom. The van der Waals surface area contributed by atoms with Gasteiger partial charge in [0.15, 0.2) is 6.61 Å². The molecule has 166 valence electrons. The number of ether oxygens (including phenoxy) is 1. The van der Waals surface area contributed by atoms with E-state index in [1.165, 1.54) is 4.31 Å². The normalized spacial score (nSPS) is 22.9. The number of aryl methyl sites for hydroxylation is 3. The zero-order chi connectivity index (χ0) is 22.1. The summed E-state index contributed by atoms with van der Waals surface area (Å²) in [5.41, 5.74) is 2.33. The minimum absolute atomic E-state index is 0.140. The van der Waals surface area contributed by atoms with Crippen molar-refractivity contribution in [3.63, 3.8) is 0 Å². The highest BCUT2D eigenvalue weighted by Crippen LogP contribution is 2.31. The molecule has 2 fully saturated rings.